The zero-order valence-corrected chi connectivity index (χ0v) is 55.2. The summed E-state index contributed by atoms with van der Waals surface area (Å²) in [5.74, 6) is -8.29. The Kier molecular flexibility index (Phi) is 29.9. The number of carboxylic acids is 1. The van der Waals surface area contributed by atoms with E-state index < -0.39 is 327 Å². The predicted molar refractivity (Wildman–Crippen MR) is 315 cm³/mol. The summed E-state index contributed by atoms with van der Waals surface area (Å²) in [7, 11) is 0. The Hall–Kier alpha value is -3.64. The van der Waals surface area contributed by atoms with Gasteiger partial charge >= 0.3 is 5.97 Å². The first-order valence-corrected chi connectivity index (χ1v) is 32.6. The molecule has 8 aliphatic rings. The number of aliphatic hydroxyl groups excluding tert-OH is 23. The molecule has 3 amide bonds. The van der Waals surface area contributed by atoms with Crippen LogP contribution in [0.15, 0.2) is 0 Å². The van der Waals surface area contributed by atoms with Crippen molar-refractivity contribution in [1.82, 2.24) is 16.0 Å². The molecule has 0 aromatic carbocycles. The van der Waals surface area contributed by atoms with Gasteiger partial charge in [-0.15, -0.1) is 0 Å². The van der Waals surface area contributed by atoms with Crippen LogP contribution in [0.2, 0.25) is 0 Å². The number of rotatable bonds is 27. The lowest BCUT2D eigenvalue weighted by Gasteiger charge is -2.51. The summed E-state index contributed by atoms with van der Waals surface area (Å²) in [4.78, 5) is 51.7. The molecule has 103 heavy (non-hydrogen) atoms. The number of aliphatic carboxylic acids is 1. The minimum atomic E-state index is -3.31. The average Bonchev–Trinajstić information content (AvgIpc) is 0.766. The fourth-order valence-electron chi connectivity index (χ4n) is 13.2. The van der Waals surface area contributed by atoms with E-state index in [1.54, 1.807) is 0 Å². The minimum Gasteiger partial charge on any atom is -0.477 e. The van der Waals surface area contributed by atoms with Crippen LogP contribution >= 0.6 is 0 Å². The summed E-state index contributed by atoms with van der Waals surface area (Å²) >= 11 is 0. The molecule has 596 valence electrons. The number of amides is 3. The van der Waals surface area contributed by atoms with Gasteiger partial charge in [-0.3, -0.25) is 14.4 Å². The first-order valence-electron chi connectivity index (χ1n) is 32.6. The monoisotopic (exact) mass is 1510 g/mol. The number of ether oxygens (including phenoxy) is 15. The van der Waals surface area contributed by atoms with Gasteiger partial charge < -0.3 is 210 Å². The molecule has 0 bridgehead atoms. The van der Waals surface area contributed by atoms with Crippen LogP contribution in [0.25, 0.3) is 0 Å². The van der Waals surface area contributed by atoms with Crippen LogP contribution in [-0.4, -0.2) is 444 Å². The van der Waals surface area contributed by atoms with Gasteiger partial charge in [0.2, 0.25) is 17.7 Å². The molecule has 8 saturated heterocycles. The molecule has 41 atom stereocenters. The predicted octanol–water partition coefficient (Wildman–Crippen LogP) is -17.8. The van der Waals surface area contributed by atoms with Crippen molar-refractivity contribution in [2.75, 3.05) is 46.2 Å². The topological polar surface area (TPSA) is 728 Å². The quantitative estimate of drug-likeness (QED) is 0.0363. The maximum Gasteiger partial charge on any atom is 0.364 e. The molecular weight excluding hydrogens is 1410 g/mol. The molecule has 8 aliphatic heterocycles. The highest BCUT2D eigenvalue weighted by Gasteiger charge is 2.63. The van der Waals surface area contributed by atoms with Gasteiger partial charge in [0.1, 0.15) is 183 Å². The lowest BCUT2D eigenvalue weighted by Crippen LogP contribution is -2.71. The van der Waals surface area contributed by atoms with Crippen molar-refractivity contribution < 1.29 is 213 Å². The second-order valence-electron chi connectivity index (χ2n) is 26.0. The Balaban J connectivity index is 1.09. The van der Waals surface area contributed by atoms with Crippen molar-refractivity contribution in [2.45, 2.75) is 285 Å². The van der Waals surface area contributed by atoms with E-state index in [1.165, 1.54) is 6.92 Å². The Labute approximate surface area is 582 Å². The molecule has 0 aromatic rings. The van der Waals surface area contributed by atoms with E-state index in [2.05, 4.69) is 16.0 Å². The molecule has 8 rings (SSSR count). The van der Waals surface area contributed by atoms with Crippen LogP contribution in [0.1, 0.15) is 34.1 Å². The fourth-order valence-corrected chi connectivity index (χ4v) is 13.2. The van der Waals surface area contributed by atoms with E-state index in [9.17, 15) is 142 Å². The highest BCUT2D eigenvalue weighted by Crippen LogP contribution is 2.41. The van der Waals surface area contributed by atoms with Crippen LogP contribution in [0.4, 0.5) is 0 Å². The third kappa shape index (κ3) is 18.5. The van der Waals surface area contributed by atoms with Crippen LogP contribution in [0, 0.1) is 0 Å². The van der Waals surface area contributed by atoms with Gasteiger partial charge in [-0.05, 0) is 6.92 Å². The molecule has 0 aliphatic carbocycles. The van der Waals surface area contributed by atoms with Crippen molar-refractivity contribution in [2.24, 2.45) is 0 Å². The number of hydrogen-bond donors (Lipinski definition) is 27. The number of nitrogens with one attached hydrogen (secondary N) is 3. The average molecular weight is 1510 g/mol. The summed E-state index contributed by atoms with van der Waals surface area (Å²) in [6.45, 7) is -3.83. The van der Waals surface area contributed by atoms with Crippen LogP contribution in [0.3, 0.4) is 0 Å². The molecular formula is C57H95N3O43. The Morgan fingerprint density at radius 3 is 1.39 bits per heavy atom. The van der Waals surface area contributed by atoms with Crippen molar-refractivity contribution in [3.63, 3.8) is 0 Å². The maximum absolute atomic E-state index is 13.3. The SMILES string of the molecule is CC(=O)N[C@H]1[C@H](OC[C@H]2O[C@@H](O[C@H]3[C@H](O)[C@@H](CO)O[C@@H](O[C@H]4[C@@H](O)[C@@H](CO)O[C@H](O[C@@H]5C(O)O[C@@H](C)[C@@H](O)[C@H]5O)[C@@H]4O)[C@@H]3NC(C)=O)[C@H](O)[C@@H](O)[C@H]2O[C@@H]2O[C@H](CO)[C@@H](O)[C@H](O)[C@H]2O)O[C@H](CO)[C@@H](O[C@@H]2O[C@H](CO)[C@H](O)[C@H](O)[C@H]2O[C@]2(C(=O)O)C[C@H](O)[C@@H](NC(C)=O)[C@H]([C@H](O)[C@H](O)CO)O2)[C@@H]1O. The third-order valence-electron chi connectivity index (χ3n) is 18.8. The summed E-state index contributed by atoms with van der Waals surface area (Å²) < 4.78 is 87.4. The maximum atomic E-state index is 13.3. The Morgan fingerprint density at radius 1 is 0.417 bits per heavy atom. The first-order chi connectivity index (χ1) is 48.5. The molecule has 1 unspecified atom stereocenters. The summed E-state index contributed by atoms with van der Waals surface area (Å²) in [5, 5.41) is 271. The highest BCUT2D eigenvalue weighted by atomic mass is 16.8. The minimum absolute atomic E-state index is 0.873. The highest BCUT2D eigenvalue weighted by molar-refractivity contribution is 5.77. The van der Waals surface area contributed by atoms with Crippen LogP contribution < -0.4 is 16.0 Å². The van der Waals surface area contributed by atoms with E-state index >= 15 is 0 Å². The van der Waals surface area contributed by atoms with Crippen LogP contribution in [0.5, 0.6) is 0 Å². The largest absolute Gasteiger partial charge is 0.477 e. The Bertz CT molecular complexity index is 2730. The van der Waals surface area contributed by atoms with Gasteiger partial charge in [0, 0.05) is 27.2 Å². The Morgan fingerprint density at radius 2 is 0.835 bits per heavy atom. The van der Waals surface area contributed by atoms with Crippen molar-refractivity contribution >= 4 is 23.7 Å². The molecule has 8 heterocycles. The normalized spacial score (nSPS) is 48.3. The first kappa shape index (κ1) is 85.0. The lowest BCUT2D eigenvalue weighted by atomic mass is 9.88. The molecule has 8 fully saturated rings. The van der Waals surface area contributed by atoms with Crippen LogP contribution in [-0.2, 0) is 90.2 Å². The van der Waals surface area contributed by atoms with E-state index in [1.807, 2.05) is 0 Å². The van der Waals surface area contributed by atoms with Crippen molar-refractivity contribution in [3.8, 4) is 0 Å². The van der Waals surface area contributed by atoms with Gasteiger partial charge in [0.05, 0.1) is 64.5 Å². The summed E-state index contributed by atoms with van der Waals surface area (Å²) in [6.07, 6.45) is -78.6. The molecule has 0 spiro atoms. The molecule has 46 heteroatoms. The number of carbonyl (C=O) groups is 4. The lowest BCUT2D eigenvalue weighted by molar-refractivity contribution is -0.395. The molecule has 0 saturated carbocycles. The fraction of sp³-hybridized carbons (Fsp3) is 0.930. The number of carboxylic acid groups (broad SMARTS) is 1. The van der Waals surface area contributed by atoms with E-state index in [4.69, 9.17) is 71.1 Å². The standard InChI is InChI=1S/C57H95N3O43/c1-13-28(72)36(80)47(49(86)90-13)101-54-41(85)46(33(77)22(10-65)93-54)100-51-27(60-16(4)69)44(32(76)21(9-64)91-51)99-53-40(84)38(82)43(97-52-39(83)35(79)30(74)19(7-62)92-52)24(96-53)12-89-50-26(59-15(3)68)34(78)42(23(11-66)95-50)98-55-48(37(81)31(75)20(8-63)94-55)103-57(56(87)88)5-17(70)25(58-14(2)67)45(102-57)29(73)18(71)6-61/h13,17-55,61-66,70-86H,5-12H2,1-4H3,(H,58,67)(H,59,68)(H,60,69)(H,87,88)/t13-,17-,18+,19+,20+,21+,22+,23+,24+,25+,26+,27+,28+,29+,30+,31-,32+,33-,34+,35-,36+,37-,38+,39+,40+,41+,42+,43-,44+,45+,46-,47-,48+,49?,50+,51-,52-,53-,54+,55-,57-/m0/s1. The van der Waals surface area contributed by atoms with Gasteiger partial charge in [0.25, 0.3) is 5.79 Å². The molecule has 27 N–H and O–H groups in total. The third-order valence-corrected chi connectivity index (χ3v) is 18.8. The number of hydrogen-bond acceptors (Lipinski definition) is 42. The van der Waals surface area contributed by atoms with Crippen molar-refractivity contribution in [3.05, 3.63) is 0 Å². The molecule has 46 nitrogen and oxygen atoms in total. The second-order valence-corrected chi connectivity index (χ2v) is 26.0. The zero-order chi connectivity index (χ0) is 76.3. The summed E-state index contributed by atoms with van der Waals surface area (Å²) in [6, 6.07) is -5.68. The van der Waals surface area contributed by atoms with Gasteiger partial charge in [0.15, 0.2) is 44.0 Å². The van der Waals surface area contributed by atoms with E-state index in [-0.39, 0.29) is 0 Å². The molecule has 0 radical (unpaired) electrons. The smallest absolute Gasteiger partial charge is 0.364 e. The van der Waals surface area contributed by atoms with E-state index in [0.29, 0.717) is 0 Å². The van der Waals surface area contributed by atoms with Gasteiger partial charge in [-0.2, -0.15) is 0 Å². The van der Waals surface area contributed by atoms with Crippen molar-refractivity contribution in [1.29, 1.82) is 0 Å². The number of aliphatic hydroxyl groups is 23. The second kappa shape index (κ2) is 36.3. The zero-order valence-electron chi connectivity index (χ0n) is 55.2. The molecule has 0 aromatic heterocycles. The van der Waals surface area contributed by atoms with Gasteiger partial charge in [-0.25, -0.2) is 4.79 Å². The van der Waals surface area contributed by atoms with Gasteiger partial charge in [-0.1, -0.05) is 0 Å². The summed E-state index contributed by atoms with van der Waals surface area (Å²) in [5.41, 5.74) is 0. The van der Waals surface area contributed by atoms with E-state index in [0.717, 1.165) is 20.8 Å². The number of carbonyl (C=O) groups excluding carboxylic acids is 3.